The fourth-order valence-corrected chi connectivity index (χ4v) is 4.00. The van der Waals surface area contributed by atoms with Gasteiger partial charge in [-0.2, -0.15) is 0 Å². The number of nitrogens with zero attached hydrogens (tertiary/aromatic N) is 2. The molecule has 4 rings (SSSR count). The fourth-order valence-electron chi connectivity index (χ4n) is 4.00. The van der Waals surface area contributed by atoms with E-state index in [-0.39, 0.29) is 25.0 Å². The Bertz CT molecular complexity index is 981. The summed E-state index contributed by atoms with van der Waals surface area (Å²) in [6.07, 6.45) is 2.82. The molecule has 2 aromatic rings. The lowest BCUT2D eigenvalue weighted by Crippen LogP contribution is -2.29. The van der Waals surface area contributed by atoms with Gasteiger partial charge in [0.15, 0.2) is 0 Å². The number of rotatable bonds is 10. The molecule has 0 unspecified atom stereocenters. The zero-order valence-electron chi connectivity index (χ0n) is 19.4. The lowest BCUT2D eigenvalue weighted by molar-refractivity contribution is -0.128. The van der Waals surface area contributed by atoms with Gasteiger partial charge in [-0.25, -0.2) is 9.59 Å². The maximum absolute atomic E-state index is 12.2. The van der Waals surface area contributed by atoms with E-state index >= 15 is 0 Å². The van der Waals surface area contributed by atoms with Crippen LogP contribution >= 0.6 is 0 Å². The summed E-state index contributed by atoms with van der Waals surface area (Å²) in [6, 6.07) is 13.0. The Morgan fingerprint density at radius 2 is 1.06 bits per heavy atom. The molecule has 0 N–H and O–H groups in total. The van der Waals surface area contributed by atoms with Crippen LogP contribution < -0.4 is 4.74 Å². The average molecular weight is 481 g/mol. The van der Waals surface area contributed by atoms with E-state index in [1.807, 2.05) is 0 Å². The van der Waals surface area contributed by atoms with Crippen molar-refractivity contribution in [2.24, 2.45) is 0 Å². The molecule has 0 bridgehead atoms. The Kier molecular flexibility index (Phi) is 7.97. The summed E-state index contributed by atoms with van der Waals surface area (Å²) in [5.74, 6) is 0.329. The van der Waals surface area contributed by atoms with E-state index in [0.717, 1.165) is 12.8 Å². The standard InChI is InChI=1S/C26H28N2O7/c29-23-3-1-13-27(23)15-17-33-25(31)19-5-9-21(10-6-19)35-22-11-7-20(8-12-22)26(32)34-18-16-28-14-2-4-24(28)30/h5-12H,1-4,13-18H2. The van der Waals surface area contributed by atoms with E-state index < -0.39 is 11.9 Å². The Morgan fingerprint density at radius 1 is 0.657 bits per heavy atom. The van der Waals surface area contributed by atoms with E-state index in [4.69, 9.17) is 14.2 Å². The lowest BCUT2D eigenvalue weighted by atomic mass is 10.2. The first kappa shape index (κ1) is 24.3. The van der Waals surface area contributed by atoms with Crippen LogP contribution in [0.5, 0.6) is 11.5 Å². The molecule has 2 aliphatic rings. The number of carbonyl (C=O) groups excluding carboxylic acids is 4. The van der Waals surface area contributed by atoms with Gasteiger partial charge in [-0.1, -0.05) is 0 Å². The van der Waals surface area contributed by atoms with Gasteiger partial charge in [0.2, 0.25) is 11.8 Å². The zero-order chi connectivity index (χ0) is 24.6. The van der Waals surface area contributed by atoms with Crippen LogP contribution in [-0.4, -0.2) is 72.9 Å². The van der Waals surface area contributed by atoms with Gasteiger partial charge in [0.05, 0.1) is 24.2 Å². The monoisotopic (exact) mass is 480 g/mol. The van der Waals surface area contributed by atoms with Gasteiger partial charge in [0.1, 0.15) is 24.7 Å². The molecule has 0 atom stereocenters. The topological polar surface area (TPSA) is 102 Å². The molecule has 2 heterocycles. The van der Waals surface area contributed by atoms with Gasteiger partial charge in [-0.3, -0.25) is 9.59 Å². The normalized spacial score (nSPS) is 15.4. The second kappa shape index (κ2) is 11.5. The number of hydrogen-bond donors (Lipinski definition) is 0. The van der Waals surface area contributed by atoms with Crippen LogP contribution in [0, 0.1) is 0 Å². The summed E-state index contributed by atoms with van der Waals surface area (Å²) in [6.45, 7) is 2.57. The third-order valence-corrected chi connectivity index (χ3v) is 5.95. The molecule has 9 nitrogen and oxygen atoms in total. The molecule has 0 saturated carbocycles. The Labute approximate surface area is 203 Å². The zero-order valence-corrected chi connectivity index (χ0v) is 19.4. The van der Waals surface area contributed by atoms with Crippen molar-refractivity contribution in [1.29, 1.82) is 0 Å². The van der Waals surface area contributed by atoms with Crippen LogP contribution in [0.2, 0.25) is 0 Å². The minimum atomic E-state index is -0.458. The van der Waals surface area contributed by atoms with Crippen molar-refractivity contribution >= 4 is 23.8 Å². The number of carbonyl (C=O) groups is 4. The largest absolute Gasteiger partial charge is 0.460 e. The molecule has 9 heteroatoms. The lowest BCUT2D eigenvalue weighted by Gasteiger charge is -2.15. The molecule has 2 aromatic carbocycles. The molecule has 184 valence electrons. The molecular formula is C26H28N2O7. The third-order valence-electron chi connectivity index (χ3n) is 5.95. The van der Waals surface area contributed by atoms with E-state index in [2.05, 4.69) is 0 Å². The first-order chi connectivity index (χ1) is 17.0. The number of esters is 2. The first-order valence-corrected chi connectivity index (χ1v) is 11.8. The highest BCUT2D eigenvalue weighted by atomic mass is 16.5. The highest BCUT2D eigenvalue weighted by molar-refractivity contribution is 5.90. The highest BCUT2D eigenvalue weighted by Gasteiger charge is 2.21. The Balaban J connectivity index is 1.20. The summed E-state index contributed by atoms with van der Waals surface area (Å²) in [7, 11) is 0. The van der Waals surface area contributed by atoms with Crippen LogP contribution in [0.25, 0.3) is 0 Å². The van der Waals surface area contributed by atoms with Crippen molar-refractivity contribution in [2.75, 3.05) is 39.4 Å². The van der Waals surface area contributed by atoms with Crippen molar-refractivity contribution in [2.45, 2.75) is 25.7 Å². The van der Waals surface area contributed by atoms with Gasteiger partial charge in [-0.15, -0.1) is 0 Å². The SMILES string of the molecule is O=C(OCCN1CCCC1=O)c1ccc(Oc2ccc(C(=O)OCCN3CCCC3=O)cc2)cc1. The molecule has 0 spiro atoms. The molecule has 2 saturated heterocycles. The van der Waals surface area contributed by atoms with E-state index in [1.54, 1.807) is 58.3 Å². The minimum Gasteiger partial charge on any atom is -0.460 e. The number of hydrogen-bond acceptors (Lipinski definition) is 7. The summed E-state index contributed by atoms with van der Waals surface area (Å²) in [5.41, 5.74) is 0.776. The van der Waals surface area contributed by atoms with Crippen molar-refractivity contribution in [3.05, 3.63) is 59.7 Å². The van der Waals surface area contributed by atoms with Crippen LogP contribution in [0.3, 0.4) is 0 Å². The molecule has 0 aliphatic carbocycles. The summed E-state index contributed by atoms with van der Waals surface area (Å²) < 4.78 is 16.3. The molecule has 35 heavy (non-hydrogen) atoms. The highest BCUT2D eigenvalue weighted by Crippen LogP contribution is 2.23. The molecule has 2 fully saturated rings. The van der Waals surface area contributed by atoms with Gasteiger partial charge < -0.3 is 24.0 Å². The smallest absolute Gasteiger partial charge is 0.338 e. The first-order valence-electron chi connectivity index (χ1n) is 11.8. The number of benzene rings is 2. The number of likely N-dealkylation sites (tertiary alicyclic amines) is 2. The minimum absolute atomic E-state index is 0.0997. The van der Waals surface area contributed by atoms with Gasteiger partial charge in [0.25, 0.3) is 0 Å². The number of amides is 2. The number of ether oxygens (including phenoxy) is 3. The van der Waals surface area contributed by atoms with Crippen molar-refractivity contribution in [3.8, 4) is 11.5 Å². The second-order valence-corrected chi connectivity index (χ2v) is 8.39. The average Bonchev–Trinajstić information content (AvgIpc) is 3.47. The van der Waals surface area contributed by atoms with Gasteiger partial charge >= 0.3 is 11.9 Å². The fraction of sp³-hybridized carbons (Fsp3) is 0.385. The Morgan fingerprint density at radius 3 is 1.40 bits per heavy atom. The molecule has 0 aromatic heterocycles. The van der Waals surface area contributed by atoms with Crippen molar-refractivity contribution in [3.63, 3.8) is 0 Å². The van der Waals surface area contributed by atoms with Crippen molar-refractivity contribution < 1.29 is 33.4 Å². The van der Waals surface area contributed by atoms with Crippen molar-refractivity contribution in [1.82, 2.24) is 9.80 Å². The van der Waals surface area contributed by atoms with E-state index in [1.165, 1.54) is 0 Å². The Hall–Kier alpha value is -3.88. The molecule has 2 amide bonds. The predicted octanol–water partition coefficient (Wildman–Crippen LogP) is 3.04. The maximum atomic E-state index is 12.2. The van der Waals surface area contributed by atoms with Crippen LogP contribution in [0.4, 0.5) is 0 Å². The van der Waals surface area contributed by atoms with Gasteiger partial charge in [-0.05, 0) is 61.4 Å². The van der Waals surface area contributed by atoms with Crippen LogP contribution in [0.15, 0.2) is 48.5 Å². The summed E-state index contributed by atoms with van der Waals surface area (Å²) in [4.78, 5) is 51.0. The summed E-state index contributed by atoms with van der Waals surface area (Å²) >= 11 is 0. The van der Waals surface area contributed by atoms with Gasteiger partial charge in [0, 0.05) is 25.9 Å². The molecular weight excluding hydrogens is 452 g/mol. The molecule has 2 aliphatic heterocycles. The van der Waals surface area contributed by atoms with E-state index in [0.29, 0.717) is 61.6 Å². The van der Waals surface area contributed by atoms with Crippen LogP contribution in [0.1, 0.15) is 46.4 Å². The third kappa shape index (κ3) is 6.59. The quantitative estimate of drug-likeness (QED) is 0.482. The molecule has 0 radical (unpaired) electrons. The second-order valence-electron chi connectivity index (χ2n) is 8.39. The van der Waals surface area contributed by atoms with Crippen LogP contribution in [-0.2, 0) is 19.1 Å². The predicted molar refractivity (Wildman–Crippen MR) is 125 cm³/mol. The summed E-state index contributed by atoms with van der Waals surface area (Å²) in [5, 5.41) is 0. The van der Waals surface area contributed by atoms with E-state index in [9.17, 15) is 19.2 Å². The maximum Gasteiger partial charge on any atom is 0.338 e.